The second-order valence-electron chi connectivity index (χ2n) is 8.99. The number of esters is 2. The Morgan fingerprint density at radius 2 is 1.43 bits per heavy atom. The van der Waals surface area contributed by atoms with E-state index in [-0.39, 0.29) is 29.1 Å². The van der Waals surface area contributed by atoms with Crippen LogP contribution in [0.2, 0.25) is 0 Å². The fourth-order valence-electron chi connectivity index (χ4n) is 4.42. The molecular formula is C29H30N4O7. The van der Waals surface area contributed by atoms with Crippen molar-refractivity contribution in [2.45, 2.75) is 26.7 Å². The Morgan fingerprint density at radius 1 is 0.825 bits per heavy atom. The van der Waals surface area contributed by atoms with Gasteiger partial charge in [0.05, 0.1) is 45.3 Å². The number of carbonyl (C=O) groups is 3. The summed E-state index contributed by atoms with van der Waals surface area (Å²) >= 11 is 0. The van der Waals surface area contributed by atoms with Crippen molar-refractivity contribution in [1.29, 1.82) is 0 Å². The molecule has 208 valence electrons. The molecule has 2 aromatic carbocycles. The normalized spacial score (nSPS) is 10.8. The first kappa shape index (κ1) is 28.1. The summed E-state index contributed by atoms with van der Waals surface area (Å²) in [5.74, 6) is -0.290. The van der Waals surface area contributed by atoms with E-state index >= 15 is 0 Å². The first-order valence-corrected chi connectivity index (χ1v) is 12.4. The summed E-state index contributed by atoms with van der Waals surface area (Å²) in [6.07, 6.45) is 0.529. The van der Waals surface area contributed by atoms with Gasteiger partial charge in [-0.2, -0.15) is 5.10 Å². The molecule has 0 saturated carbocycles. The first-order valence-electron chi connectivity index (χ1n) is 12.4. The molecule has 11 heteroatoms. The molecule has 2 aromatic heterocycles. The van der Waals surface area contributed by atoms with Gasteiger partial charge in [-0.25, -0.2) is 19.1 Å². The van der Waals surface area contributed by atoms with E-state index in [1.807, 2.05) is 32.0 Å². The van der Waals surface area contributed by atoms with Gasteiger partial charge in [-0.15, -0.1) is 0 Å². The molecule has 4 rings (SSSR count). The van der Waals surface area contributed by atoms with E-state index in [2.05, 4.69) is 5.32 Å². The Morgan fingerprint density at radius 3 is 1.98 bits per heavy atom. The summed E-state index contributed by atoms with van der Waals surface area (Å²) in [7, 11) is 5.65. The van der Waals surface area contributed by atoms with E-state index in [0.717, 1.165) is 22.5 Å². The van der Waals surface area contributed by atoms with Crippen LogP contribution in [0.25, 0.3) is 16.9 Å². The van der Waals surface area contributed by atoms with Crippen molar-refractivity contribution in [3.63, 3.8) is 0 Å². The van der Waals surface area contributed by atoms with Gasteiger partial charge in [0.15, 0.2) is 5.65 Å². The third kappa shape index (κ3) is 5.88. The van der Waals surface area contributed by atoms with Crippen LogP contribution in [0.15, 0.2) is 42.5 Å². The highest BCUT2D eigenvalue weighted by molar-refractivity contribution is 5.99. The molecule has 0 aliphatic rings. The van der Waals surface area contributed by atoms with Gasteiger partial charge in [-0.3, -0.25) is 4.79 Å². The minimum Gasteiger partial charge on any atom is -0.497 e. The topological polar surface area (TPSA) is 130 Å². The summed E-state index contributed by atoms with van der Waals surface area (Å²) in [5, 5.41) is 7.51. The molecular weight excluding hydrogens is 516 g/mol. The van der Waals surface area contributed by atoms with Crippen LogP contribution in [0.3, 0.4) is 0 Å². The zero-order valence-corrected chi connectivity index (χ0v) is 23.2. The first-order chi connectivity index (χ1) is 19.2. The van der Waals surface area contributed by atoms with Gasteiger partial charge in [-0.1, -0.05) is 0 Å². The third-order valence-electron chi connectivity index (χ3n) is 6.47. The molecule has 0 saturated heterocycles. The molecule has 0 atom stereocenters. The smallest absolute Gasteiger partial charge is 0.337 e. The number of aryl methyl sites for hydroxylation is 2. The van der Waals surface area contributed by atoms with Gasteiger partial charge < -0.3 is 24.3 Å². The number of benzene rings is 2. The minimum absolute atomic E-state index is 0.116. The monoisotopic (exact) mass is 546 g/mol. The van der Waals surface area contributed by atoms with Crippen LogP contribution < -0.4 is 14.8 Å². The Labute approximate surface area is 231 Å². The fourth-order valence-corrected chi connectivity index (χ4v) is 4.42. The fraction of sp³-hybridized carbons (Fsp3) is 0.276. The lowest BCUT2D eigenvalue weighted by molar-refractivity contribution is -0.116. The Bertz CT molecular complexity index is 1550. The predicted octanol–water partition coefficient (Wildman–Crippen LogP) is 4.17. The van der Waals surface area contributed by atoms with Crippen LogP contribution in [0.5, 0.6) is 11.5 Å². The van der Waals surface area contributed by atoms with Crippen LogP contribution in [-0.4, -0.2) is 60.9 Å². The highest BCUT2D eigenvalue weighted by Gasteiger charge is 2.18. The standard InChI is InChI=1S/C29H30N4O7/c1-16-24(7-8-27(34)31-21-10-19(28(35)39-5)9-20(11-21)29(36)40-6)17(2)33-26(30-16)15-25(32-33)18-12-22(37-3)14-23(13-18)38-4/h9-15H,7-8H2,1-6H3,(H,31,34). The Kier molecular flexibility index (Phi) is 8.32. The van der Waals surface area contributed by atoms with Crippen LogP contribution in [0, 0.1) is 13.8 Å². The number of methoxy groups -OCH3 is 4. The molecule has 0 aliphatic heterocycles. The predicted molar refractivity (Wildman–Crippen MR) is 147 cm³/mol. The van der Waals surface area contributed by atoms with Gasteiger partial charge in [0.2, 0.25) is 5.91 Å². The quantitative estimate of drug-likeness (QED) is 0.307. The maximum Gasteiger partial charge on any atom is 0.337 e. The van der Waals surface area contributed by atoms with Crippen LogP contribution in [0.4, 0.5) is 5.69 Å². The number of anilines is 1. The van der Waals surface area contributed by atoms with Crippen molar-refractivity contribution in [2.24, 2.45) is 0 Å². The zero-order valence-electron chi connectivity index (χ0n) is 23.2. The second-order valence-corrected chi connectivity index (χ2v) is 8.99. The molecule has 0 spiro atoms. The number of hydrogen-bond donors (Lipinski definition) is 1. The van der Waals surface area contributed by atoms with Gasteiger partial charge in [-0.05, 0) is 56.2 Å². The number of carbonyl (C=O) groups excluding carboxylic acids is 3. The Balaban J connectivity index is 1.56. The molecule has 0 unspecified atom stereocenters. The van der Waals surface area contributed by atoms with Gasteiger partial charge >= 0.3 is 11.9 Å². The average molecular weight is 547 g/mol. The van der Waals surface area contributed by atoms with E-state index in [4.69, 9.17) is 29.0 Å². The summed E-state index contributed by atoms with van der Waals surface area (Å²) in [4.78, 5) is 41.7. The summed E-state index contributed by atoms with van der Waals surface area (Å²) in [5.41, 5.74) is 5.24. The van der Waals surface area contributed by atoms with Crippen molar-refractivity contribution in [3.05, 3.63) is 70.5 Å². The summed E-state index contributed by atoms with van der Waals surface area (Å²) < 4.78 is 22.0. The molecule has 1 N–H and O–H groups in total. The van der Waals surface area contributed by atoms with Crippen LogP contribution in [0.1, 0.15) is 44.1 Å². The second kappa shape index (κ2) is 11.9. The van der Waals surface area contributed by atoms with Crippen molar-refractivity contribution in [3.8, 4) is 22.8 Å². The molecule has 0 bridgehead atoms. The zero-order chi connectivity index (χ0) is 29.0. The number of hydrogen-bond acceptors (Lipinski definition) is 9. The summed E-state index contributed by atoms with van der Waals surface area (Å²) in [6.45, 7) is 3.82. The number of nitrogens with zero attached hydrogens (tertiary/aromatic N) is 3. The van der Waals surface area contributed by atoms with E-state index in [9.17, 15) is 14.4 Å². The number of nitrogens with one attached hydrogen (secondary N) is 1. The van der Waals surface area contributed by atoms with Gasteiger partial charge in [0, 0.05) is 41.2 Å². The largest absolute Gasteiger partial charge is 0.497 e. The lowest BCUT2D eigenvalue weighted by atomic mass is 10.1. The molecule has 4 aromatic rings. The Hall–Kier alpha value is -4.93. The van der Waals surface area contributed by atoms with Crippen LogP contribution in [-0.2, 0) is 20.7 Å². The molecule has 40 heavy (non-hydrogen) atoms. The number of ether oxygens (including phenoxy) is 4. The molecule has 1 amide bonds. The average Bonchev–Trinajstić information content (AvgIpc) is 3.39. The van der Waals surface area contributed by atoms with Crippen LogP contribution >= 0.6 is 0 Å². The summed E-state index contributed by atoms with van der Waals surface area (Å²) in [6, 6.07) is 11.7. The molecule has 0 fully saturated rings. The van der Waals surface area contributed by atoms with Gasteiger partial charge in [0.1, 0.15) is 11.5 Å². The SMILES string of the molecule is COC(=O)c1cc(NC(=O)CCc2c(C)nc3cc(-c4cc(OC)cc(OC)c4)nn3c2C)cc(C(=O)OC)c1. The highest BCUT2D eigenvalue weighted by Crippen LogP contribution is 2.30. The molecule has 0 radical (unpaired) electrons. The van der Waals surface area contributed by atoms with Crippen molar-refractivity contribution < 1.29 is 33.3 Å². The molecule has 2 heterocycles. The van der Waals surface area contributed by atoms with E-state index in [1.54, 1.807) is 24.8 Å². The number of amides is 1. The maximum atomic E-state index is 12.9. The molecule has 0 aliphatic carbocycles. The maximum absolute atomic E-state index is 12.9. The highest BCUT2D eigenvalue weighted by atomic mass is 16.5. The van der Waals surface area contributed by atoms with Gasteiger partial charge in [0.25, 0.3) is 0 Å². The number of aromatic nitrogens is 3. The third-order valence-corrected chi connectivity index (χ3v) is 6.47. The van der Waals surface area contributed by atoms with E-state index < -0.39 is 11.9 Å². The van der Waals surface area contributed by atoms with Crippen molar-refractivity contribution in [2.75, 3.05) is 33.8 Å². The van der Waals surface area contributed by atoms with Crippen molar-refractivity contribution >= 4 is 29.2 Å². The minimum atomic E-state index is -0.641. The van der Waals surface area contributed by atoms with Crippen molar-refractivity contribution in [1.82, 2.24) is 14.6 Å². The van der Waals surface area contributed by atoms with E-state index in [0.29, 0.717) is 29.3 Å². The lowest BCUT2D eigenvalue weighted by Gasteiger charge is -2.12. The number of rotatable bonds is 9. The molecule has 11 nitrogen and oxygen atoms in total. The lowest BCUT2D eigenvalue weighted by Crippen LogP contribution is -2.16. The number of fused-ring (bicyclic) bond motifs is 1. The van der Waals surface area contributed by atoms with E-state index in [1.165, 1.54) is 32.4 Å².